The van der Waals surface area contributed by atoms with Crippen molar-refractivity contribution in [1.29, 1.82) is 0 Å². The predicted octanol–water partition coefficient (Wildman–Crippen LogP) is 2.40. The lowest BCUT2D eigenvalue weighted by Crippen LogP contribution is -2.24. The SMILES string of the molecule is CC(C)COCCNC(C)c1cccnc1. The second-order valence-electron chi connectivity index (χ2n) is 4.43. The molecule has 1 atom stereocenters. The molecule has 90 valence electrons. The Morgan fingerprint density at radius 1 is 1.38 bits per heavy atom. The first-order valence-electron chi connectivity index (χ1n) is 5.91. The lowest BCUT2D eigenvalue weighted by Gasteiger charge is -2.14. The summed E-state index contributed by atoms with van der Waals surface area (Å²) in [6.07, 6.45) is 3.69. The molecular formula is C13H22N2O. The van der Waals surface area contributed by atoms with Gasteiger partial charge in [0.25, 0.3) is 0 Å². The smallest absolute Gasteiger partial charge is 0.0591 e. The summed E-state index contributed by atoms with van der Waals surface area (Å²) in [5.41, 5.74) is 1.21. The molecule has 0 bridgehead atoms. The highest BCUT2D eigenvalue weighted by atomic mass is 16.5. The molecule has 0 saturated heterocycles. The van der Waals surface area contributed by atoms with Crippen LogP contribution in [0.1, 0.15) is 32.4 Å². The summed E-state index contributed by atoms with van der Waals surface area (Å²) in [6.45, 7) is 8.94. The zero-order valence-corrected chi connectivity index (χ0v) is 10.4. The Hall–Kier alpha value is -0.930. The van der Waals surface area contributed by atoms with Gasteiger partial charge >= 0.3 is 0 Å². The van der Waals surface area contributed by atoms with Gasteiger partial charge in [0, 0.05) is 31.6 Å². The molecule has 0 aliphatic rings. The summed E-state index contributed by atoms with van der Waals surface area (Å²) < 4.78 is 5.50. The standard InChI is InChI=1S/C13H22N2O/c1-11(2)10-16-8-7-15-12(3)13-5-4-6-14-9-13/h4-6,9,11-12,15H,7-8,10H2,1-3H3. The van der Waals surface area contributed by atoms with Crippen LogP contribution < -0.4 is 5.32 Å². The molecule has 1 aromatic heterocycles. The number of hydrogen-bond donors (Lipinski definition) is 1. The number of ether oxygens (including phenoxy) is 1. The second-order valence-corrected chi connectivity index (χ2v) is 4.43. The van der Waals surface area contributed by atoms with Crippen LogP contribution in [0, 0.1) is 5.92 Å². The van der Waals surface area contributed by atoms with Gasteiger partial charge in [0.05, 0.1) is 6.61 Å². The van der Waals surface area contributed by atoms with Crippen LogP contribution in [-0.2, 0) is 4.74 Å². The zero-order chi connectivity index (χ0) is 11.8. The third-order valence-corrected chi connectivity index (χ3v) is 2.33. The molecule has 1 unspecified atom stereocenters. The van der Waals surface area contributed by atoms with Crippen molar-refractivity contribution in [2.45, 2.75) is 26.8 Å². The zero-order valence-electron chi connectivity index (χ0n) is 10.4. The van der Waals surface area contributed by atoms with Gasteiger partial charge in [-0.05, 0) is 24.5 Å². The quantitative estimate of drug-likeness (QED) is 0.719. The van der Waals surface area contributed by atoms with Gasteiger partial charge in [0.15, 0.2) is 0 Å². The van der Waals surface area contributed by atoms with E-state index in [9.17, 15) is 0 Å². The second kappa shape index (κ2) is 7.36. The Bertz CT molecular complexity index is 275. The van der Waals surface area contributed by atoms with Crippen molar-refractivity contribution >= 4 is 0 Å². The van der Waals surface area contributed by atoms with E-state index in [0.717, 1.165) is 19.8 Å². The molecule has 0 fully saturated rings. The van der Waals surface area contributed by atoms with Gasteiger partial charge in [-0.3, -0.25) is 4.98 Å². The van der Waals surface area contributed by atoms with E-state index in [1.807, 2.05) is 12.3 Å². The lowest BCUT2D eigenvalue weighted by molar-refractivity contribution is 0.110. The lowest BCUT2D eigenvalue weighted by atomic mass is 10.1. The molecule has 0 radical (unpaired) electrons. The number of pyridine rings is 1. The van der Waals surface area contributed by atoms with E-state index in [4.69, 9.17) is 4.74 Å². The van der Waals surface area contributed by atoms with Crippen molar-refractivity contribution in [3.05, 3.63) is 30.1 Å². The molecule has 1 aromatic rings. The van der Waals surface area contributed by atoms with Crippen molar-refractivity contribution in [1.82, 2.24) is 10.3 Å². The minimum Gasteiger partial charge on any atom is -0.380 e. The van der Waals surface area contributed by atoms with Gasteiger partial charge in [-0.15, -0.1) is 0 Å². The van der Waals surface area contributed by atoms with E-state index >= 15 is 0 Å². The van der Waals surface area contributed by atoms with Gasteiger partial charge in [-0.2, -0.15) is 0 Å². The minimum atomic E-state index is 0.330. The maximum atomic E-state index is 5.50. The van der Waals surface area contributed by atoms with Crippen molar-refractivity contribution in [2.75, 3.05) is 19.8 Å². The third kappa shape index (κ3) is 5.24. The molecule has 0 spiro atoms. The first-order valence-corrected chi connectivity index (χ1v) is 5.91. The molecule has 0 amide bonds. The van der Waals surface area contributed by atoms with E-state index in [1.54, 1.807) is 6.20 Å². The molecule has 1 rings (SSSR count). The van der Waals surface area contributed by atoms with Crippen molar-refractivity contribution < 1.29 is 4.74 Å². The Morgan fingerprint density at radius 2 is 2.19 bits per heavy atom. The van der Waals surface area contributed by atoms with Crippen molar-refractivity contribution in [2.24, 2.45) is 5.92 Å². The van der Waals surface area contributed by atoms with Gasteiger partial charge < -0.3 is 10.1 Å². The van der Waals surface area contributed by atoms with Crippen LogP contribution in [0.5, 0.6) is 0 Å². The molecular weight excluding hydrogens is 200 g/mol. The molecule has 3 heteroatoms. The maximum Gasteiger partial charge on any atom is 0.0591 e. The monoisotopic (exact) mass is 222 g/mol. The maximum absolute atomic E-state index is 5.50. The first-order chi connectivity index (χ1) is 7.70. The van der Waals surface area contributed by atoms with Crippen LogP contribution in [0.2, 0.25) is 0 Å². The first kappa shape index (κ1) is 13.1. The van der Waals surface area contributed by atoms with Gasteiger partial charge in [-0.1, -0.05) is 19.9 Å². The van der Waals surface area contributed by atoms with E-state index < -0.39 is 0 Å². The Labute approximate surface area is 98.2 Å². The molecule has 16 heavy (non-hydrogen) atoms. The van der Waals surface area contributed by atoms with Gasteiger partial charge in [-0.25, -0.2) is 0 Å². The number of aromatic nitrogens is 1. The summed E-state index contributed by atoms with van der Waals surface area (Å²) in [5.74, 6) is 0.607. The van der Waals surface area contributed by atoms with E-state index in [-0.39, 0.29) is 0 Å². The number of rotatable bonds is 7. The van der Waals surface area contributed by atoms with Crippen LogP contribution in [0.15, 0.2) is 24.5 Å². The predicted molar refractivity (Wildman–Crippen MR) is 66.3 cm³/mol. The number of nitrogens with one attached hydrogen (secondary N) is 1. The number of hydrogen-bond acceptors (Lipinski definition) is 3. The Morgan fingerprint density at radius 3 is 2.81 bits per heavy atom. The summed E-state index contributed by atoms with van der Waals surface area (Å²) >= 11 is 0. The summed E-state index contributed by atoms with van der Waals surface area (Å²) in [4.78, 5) is 4.10. The van der Waals surface area contributed by atoms with Crippen molar-refractivity contribution in [3.63, 3.8) is 0 Å². The molecule has 0 aliphatic carbocycles. The fraction of sp³-hybridized carbons (Fsp3) is 0.615. The molecule has 1 heterocycles. The molecule has 1 N–H and O–H groups in total. The van der Waals surface area contributed by atoms with E-state index in [2.05, 4.69) is 37.1 Å². The average molecular weight is 222 g/mol. The van der Waals surface area contributed by atoms with E-state index in [1.165, 1.54) is 5.56 Å². The molecule has 0 aromatic carbocycles. The highest BCUT2D eigenvalue weighted by molar-refractivity contribution is 5.12. The van der Waals surface area contributed by atoms with E-state index in [0.29, 0.717) is 12.0 Å². The largest absolute Gasteiger partial charge is 0.380 e. The minimum absolute atomic E-state index is 0.330. The highest BCUT2D eigenvalue weighted by Crippen LogP contribution is 2.08. The fourth-order valence-corrected chi connectivity index (χ4v) is 1.42. The summed E-state index contributed by atoms with van der Waals surface area (Å²) in [5, 5.41) is 3.41. The summed E-state index contributed by atoms with van der Waals surface area (Å²) in [6, 6.07) is 4.37. The van der Waals surface area contributed by atoms with Crippen molar-refractivity contribution in [3.8, 4) is 0 Å². The van der Waals surface area contributed by atoms with Gasteiger partial charge in [0.1, 0.15) is 0 Å². The van der Waals surface area contributed by atoms with Crippen LogP contribution >= 0.6 is 0 Å². The average Bonchev–Trinajstić information content (AvgIpc) is 2.29. The molecule has 3 nitrogen and oxygen atoms in total. The van der Waals surface area contributed by atoms with Crippen LogP contribution in [0.3, 0.4) is 0 Å². The Kier molecular flexibility index (Phi) is 6.04. The van der Waals surface area contributed by atoms with Crippen LogP contribution in [0.25, 0.3) is 0 Å². The summed E-state index contributed by atoms with van der Waals surface area (Å²) in [7, 11) is 0. The topological polar surface area (TPSA) is 34.1 Å². The third-order valence-electron chi connectivity index (χ3n) is 2.33. The number of nitrogens with zero attached hydrogens (tertiary/aromatic N) is 1. The molecule has 0 saturated carbocycles. The molecule has 0 aliphatic heterocycles. The fourth-order valence-electron chi connectivity index (χ4n) is 1.42. The van der Waals surface area contributed by atoms with Crippen LogP contribution in [-0.4, -0.2) is 24.7 Å². The van der Waals surface area contributed by atoms with Crippen LogP contribution in [0.4, 0.5) is 0 Å². The highest BCUT2D eigenvalue weighted by Gasteiger charge is 2.03. The normalized spacial score (nSPS) is 13.0. The van der Waals surface area contributed by atoms with Gasteiger partial charge in [0.2, 0.25) is 0 Å². The Balaban J connectivity index is 2.14.